The van der Waals surface area contributed by atoms with Gasteiger partial charge in [0.05, 0.1) is 0 Å². The normalized spacial score (nSPS) is 13.0. The highest BCUT2D eigenvalue weighted by atomic mass is 16.5. The molecular weight excluding hydrogens is 308 g/mol. The molecule has 0 saturated carbocycles. The van der Waals surface area contributed by atoms with Crippen molar-refractivity contribution >= 4 is 23.1 Å². The predicted octanol–water partition coefficient (Wildman–Crippen LogP) is 2.89. The number of ether oxygens (including phenoxy) is 3. The summed E-state index contributed by atoms with van der Waals surface area (Å²) in [5, 5.41) is 1.89. The van der Waals surface area contributed by atoms with Crippen molar-refractivity contribution in [1.82, 2.24) is 4.98 Å². The molecule has 0 unspecified atom stereocenters. The van der Waals surface area contributed by atoms with Gasteiger partial charge < -0.3 is 24.9 Å². The van der Waals surface area contributed by atoms with E-state index >= 15 is 0 Å². The lowest BCUT2D eigenvalue weighted by Crippen LogP contribution is -2.09. The zero-order chi connectivity index (χ0) is 16.5. The number of nitrogen functional groups attached to an aromatic ring is 1. The summed E-state index contributed by atoms with van der Waals surface area (Å²) in [5.41, 5.74) is 8.90. The number of hydrogen-bond acceptors (Lipinski definition) is 5. The zero-order valence-electron chi connectivity index (χ0n) is 12.9. The summed E-state index contributed by atoms with van der Waals surface area (Å²) in [5.74, 6) is 1.96. The van der Waals surface area contributed by atoms with Crippen molar-refractivity contribution in [2.75, 3.05) is 5.73 Å². The lowest BCUT2D eigenvalue weighted by Gasteiger charge is -2.20. The Morgan fingerprint density at radius 3 is 2.75 bits per heavy atom. The van der Waals surface area contributed by atoms with E-state index in [9.17, 15) is 4.79 Å². The van der Waals surface area contributed by atoms with Crippen LogP contribution in [-0.2, 0) is 29.4 Å². The van der Waals surface area contributed by atoms with Gasteiger partial charge in [0.1, 0.15) is 25.6 Å². The van der Waals surface area contributed by atoms with E-state index in [1.165, 1.54) is 0 Å². The molecule has 122 valence electrons. The molecule has 0 atom stereocenters. The van der Waals surface area contributed by atoms with Crippen LogP contribution in [0.4, 0.5) is 5.82 Å². The zero-order valence-corrected chi connectivity index (χ0v) is 12.9. The number of aromatic nitrogens is 1. The van der Waals surface area contributed by atoms with Crippen LogP contribution < -0.4 is 15.2 Å². The van der Waals surface area contributed by atoms with Crippen LogP contribution >= 0.6 is 0 Å². The minimum Gasteiger partial charge on any atom is -0.485 e. The largest absolute Gasteiger partial charge is 0.485 e. The van der Waals surface area contributed by atoms with Crippen LogP contribution in [0.15, 0.2) is 36.5 Å². The van der Waals surface area contributed by atoms with Crippen molar-refractivity contribution in [1.29, 1.82) is 0 Å². The number of hydrogen-bond donors (Lipinski definition) is 2. The van der Waals surface area contributed by atoms with Gasteiger partial charge >= 0.3 is 0 Å². The third-order valence-corrected chi connectivity index (χ3v) is 4.14. The molecule has 2 aromatic carbocycles. The second-order valence-electron chi connectivity index (χ2n) is 5.68. The number of anilines is 1. The van der Waals surface area contributed by atoms with Crippen LogP contribution in [0.25, 0.3) is 10.8 Å². The van der Waals surface area contributed by atoms with E-state index in [2.05, 4.69) is 4.98 Å². The van der Waals surface area contributed by atoms with Crippen LogP contribution in [0.2, 0.25) is 0 Å². The van der Waals surface area contributed by atoms with E-state index in [1.54, 1.807) is 0 Å². The van der Waals surface area contributed by atoms with Gasteiger partial charge in [-0.05, 0) is 34.9 Å². The average molecular weight is 324 g/mol. The highest BCUT2D eigenvalue weighted by Crippen LogP contribution is 2.37. The Kier molecular flexibility index (Phi) is 3.49. The second kappa shape index (κ2) is 5.81. The Morgan fingerprint density at radius 2 is 1.92 bits per heavy atom. The molecular formula is C18H16N2O4. The molecule has 0 fully saturated rings. The lowest BCUT2D eigenvalue weighted by molar-refractivity contribution is -0.129. The second-order valence-corrected chi connectivity index (χ2v) is 5.68. The van der Waals surface area contributed by atoms with Gasteiger partial charge in [-0.15, -0.1) is 0 Å². The van der Waals surface area contributed by atoms with Gasteiger partial charge in [-0.1, -0.05) is 12.1 Å². The first-order valence-corrected chi connectivity index (χ1v) is 7.57. The van der Waals surface area contributed by atoms with E-state index in [0.29, 0.717) is 37.0 Å². The van der Waals surface area contributed by atoms with Gasteiger partial charge in [0, 0.05) is 17.0 Å². The van der Waals surface area contributed by atoms with Crippen molar-refractivity contribution < 1.29 is 19.0 Å². The van der Waals surface area contributed by atoms with E-state index < -0.39 is 0 Å². The summed E-state index contributed by atoms with van der Waals surface area (Å²) < 4.78 is 16.7. The number of benzene rings is 2. The fourth-order valence-corrected chi connectivity index (χ4v) is 2.87. The summed E-state index contributed by atoms with van der Waals surface area (Å²) in [6, 6.07) is 9.68. The number of rotatable bonds is 3. The maximum absolute atomic E-state index is 10.3. The Morgan fingerprint density at radius 1 is 1.12 bits per heavy atom. The molecule has 1 aliphatic heterocycles. The molecule has 6 heteroatoms. The maximum atomic E-state index is 10.3. The summed E-state index contributed by atoms with van der Waals surface area (Å²) in [7, 11) is 0. The number of carbonyl (C=O) groups excluding carboxylic acids is 1. The first kappa shape index (κ1) is 14.4. The third kappa shape index (κ3) is 2.52. The molecule has 0 aliphatic carbocycles. The Balaban J connectivity index is 1.66. The molecule has 3 N–H and O–H groups in total. The Bertz CT molecular complexity index is 917. The monoisotopic (exact) mass is 324 g/mol. The van der Waals surface area contributed by atoms with Crippen molar-refractivity contribution in [2.24, 2.45) is 0 Å². The highest BCUT2D eigenvalue weighted by Gasteiger charge is 2.16. The van der Waals surface area contributed by atoms with Crippen molar-refractivity contribution in [3.8, 4) is 11.5 Å². The molecule has 24 heavy (non-hydrogen) atoms. The Hall–Kier alpha value is -3.15. The number of nitrogens with two attached hydrogens (primary N) is 1. The number of nitrogens with one attached hydrogen (secondary N) is 1. The highest BCUT2D eigenvalue weighted by molar-refractivity contribution is 5.94. The predicted molar refractivity (Wildman–Crippen MR) is 88.7 cm³/mol. The molecule has 1 aliphatic rings. The van der Waals surface area contributed by atoms with E-state index in [0.717, 1.165) is 27.5 Å². The van der Waals surface area contributed by atoms with E-state index in [1.807, 2.05) is 36.5 Å². The molecule has 6 nitrogen and oxygen atoms in total. The van der Waals surface area contributed by atoms with Crippen LogP contribution in [0.3, 0.4) is 0 Å². The number of H-pyrrole nitrogens is 1. The van der Waals surface area contributed by atoms with Gasteiger partial charge in [-0.3, -0.25) is 4.79 Å². The van der Waals surface area contributed by atoms with Crippen LogP contribution in [0.5, 0.6) is 11.5 Å². The molecule has 3 aromatic rings. The lowest BCUT2D eigenvalue weighted by atomic mass is 10.0. The summed E-state index contributed by atoms with van der Waals surface area (Å²) in [6.45, 7) is 1.55. The van der Waals surface area contributed by atoms with Gasteiger partial charge in [0.25, 0.3) is 6.47 Å². The average Bonchev–Trinajstić information content (AvgIpc) is 2.94. The minimum absolute atomic E-state index is 0.245. The number of aromatic amines is 1. The summed E-state index contributed by atoms with van der Waals surface area (Å²) >= 11 is 0. The van der Waals surface area contributed by atoms with Crippen molar-refractivity contribution in [3.05, 3.63) is 53.2 Å². The maximum Gasteiger partial charge on any atom is 0.293 e. The van der Waals surface area contributed by atoms with Crippen LogP contribution in [-0.4, -0.2) is 11.5 Å². The molecule has 4 rings (SSSR count). The minimum atomic E-state index is 0.245. The first-order chi connectivity index (χ1) is 11.7. The quantitative estimate of drug-likeness (QED) is 0.723. The van der Waals surface area contributed by atoms with Crippen molar-refractivity contribution in [3.63, 3.8) is 0 Å². The standard InChI is InChI=1S/C18H16N2O4/c19-18-15-5-17-16(4-13(15)6-20-18)23-8-12-2-1-11(7-22-10-21)3-14(12)9-24-17/h1-6,10,20H,7-9,19H2. The van der Waals surface area contributed by atoms with Crippen LogP contribution in [0.1, 0.15) is 16.7 Å². The van der Waals surface area contributed by atoms with Crippen LogP contribution in [0, 0.1) is 0 Å². The number of carbonyl (C=O) groups is 1. The summed E-state index contributed by atoms with van der Waals surface area (Å²) in [6.07, 6.45) is 1.85. The molecule has 2 heterocycles. The number of fused-ring (bicyclic) bond motifs is 3. The SMILES string of the molecule is Nc1[nH]cc2cc3c(cc12)OCc1cc(COC=O)ccc1CO3. The van der Waals surface area contributed by atoms with E-state index in [4.69, 9.17) is 19.9 Å². The molecule has 1 aromatic heterocycles. The molecule has 0 radical (unpaired) electrons. The first-order valence-electron chi connectivity index (χ1n) is 7.57. The van der Waals surface area contributed by atoms with Gasteiger partial charge in [-0.2, -0.15) is 0 Å². The van der Waals surface area contributed by atoms with E-state index in [-0.39, 0.29) is 6.61 Å². The molecule has 0 spiro atoms. The smallest absolute Gasteiger partial charge is 0.293 e. The van der Waals surface area contributed by atoms with Gasteiger partial charge in [0.15, 0.2) is 11.5 Å². The Labute approximate surface area is 138 Å². The topological polar surface area (TPSA) is 86.6 Å². The summed E-state index contributed by atoms with van der Waals surface area (Å²) in [4.78, 5) is 13.3. The fraction of sp³-hybridized carbons (Fsp3) is 0.167. The van der Waals surface area contributed by atoms with Gasteiger partial charge in [0.2, 0.25) is 0 Å². The molecule has 0 bridgehead atoms. The third-order valence-electron chi connectivity index (χ3n) is 4.14. The molecule has 0 amide bonds. The fourth-order valence-electron chi connectivity index (χ4n) is 2.87. The van der Waals surface area contributed by atoms with Gasteiger partial charge in [-0.25, -0.2) is 0 Å². The molecule has 0 saturated heterocycles. The van der Waals surface area contributed by atoms with Crippen molar-refractivity contribution in [2.45, 2.75) is 19.8 Å².